The van der Waals surface area contributed by atoms with Crippen molar-refractivity contribution in [2.75, 3.05) is 33.0 Å². The lowest BCUT2D eigenvalue weighted by molar-refractivity contribution is -0.125. The summed E-state index contributed by atoms with van der Waals surface area (Å²) in [5, 5.41) is 11.1. The van der Waals surface area contributed by atoms with Gasteiger partial charge in [0, 0.05) is 59.4 Å². The van der Waals surface area contributed by atoms with Crippen molar-refractivity contribution in [1.29, 1.82) is 0 Å². The summed E-state index contributed by atoms with van der Waals surface area (Å²) in [5.41, 5.74) is 12.4. The summed E-state index contributed by atoms with van der Waals surface area (Å²) in [6.07, 6.45) is 2.81. The van der Waals surface area contributed by atoms with Crippen LogP contribution in [0.5, 0.6) is 11.5 Å². The van der Waals surface area contributed by atoms with Crippen LogP contribution >= 0.6 is 0 Å². The Hall–Kier alpha value is -7.26. The fourth-order valence-corrected chi connectivity index (χ4v) is 8.34. The number of ether oxygens (including phenoxy) is 3. The zero-order chi connectivity index (χ0) is 44.2. The number of benzene rings is 4. The Morgan fingerprint density at radius 2 is 1.70 bits per heavy atom. The molecule has 324 valence electrons. The first-order valence-corrected chi connectivity index (χ1v) is 21.0. The normalized spacial score (nSPS) is 15.0. The number of fused-ring (bicyclic) bond motifs is 4. The van der Waals surface area contributed by atoms with Gasteiger partial charge in [0.15, 0.2) is 6.61 Å². The second-order valence-corrected chi connectivity index (χ2v) is 15.7. The summed E-state index contributed by atoms with van der Waals surface area (Å²) in [7, 11) is 0. The summed E-state index contributed by atoms with van der Waals surface area (Å²) >= 11 is 0. The Balaban J connectivity index is 0.804. The number of hydrogen-bond donors (Lipinski definition) is 3. The highest BCUT2D eigenvalue weighted by Gasteiger charge is 2.45. The van der Waals surface area contributed by atoms with Crippen LogP contribution in [0.25, 0.3) is 32.9 Å². The number of unbranched alkanes of at least 4 members (excludes halogenated alkanes) is 1. The average Bonchev–Trinajstić information content (AvgIpc) is 3.86. The molecule has 15 heteroatoms. The zero-order valence-corrected chi connectivity index (χ0v) is 35.2. The molecule has 1 unspecified atom stereocenters. The Bertz CT molecular complexity index is 2750. The fourth-order valence-electron chi connectivity index (χ4n) is 8.34. The summed E-state index contributed by atoms with van der Waals surface area (Å²) in [6.45, 7) is 9.46. The molecule has 4 heterocycles. The predicted octanol–water partition coefficient (Wildman–Crippen LogP) is 6.36. The molecule has 15 nitrogen and oxygen atoms in total. The van der Waals surface area contributed by atoms with Gasteiger partial charge in [-0.05, 0) is 99.5 Å². The molecule has 5 amide bonds. The highest BCUT2D eigenvalue weighted by molar-refractivity contribution is 6.24. The maximum absolute atomic E-state index is 13.3. The van der Waals surface area contributed by atoms with Gasteiger partial charge >= 0.3 is 0 Å². The van der Waals surface area contributed by atoms with E-state index in [1.807, 2.05) is 56.3 Å². The van der Waals surface area contributed by atoms with Crippen LogP contribution in [0.1, 0.15) is 80.2 Å². The number of rotatable bonds is 18. The van der Waals surface area contributed by atoms with Gasteiger partial charge in [-0.15, -0.1) is 0 Å². The molecule has 2 aromatic heterocycles. The smallest absolute Gasteiger partial charge is 0.266 e. The first-order chi connectivity index (χ1) is 30.5. The molecule has 6 aromatic rings. The minimum absolute atomic E-state index is 0.0399. The van der Waals surface area contributed by atoms with E-state index in [2.05, 4.69) is 45.1 Å². The third kappa shape index (κ3) is 8.77. The van der Waals surface area contributed by atoms with Crippen molar-refractivity contribution in [3.05, 3.63) is 125 Å². The summed E-state index contributed by atoms with van der Waals surface area (Å²) in [4.78, 5) is 65.6. The van der Waals surface area contributed by atoms with Gasteiger partial charge in [0.2, 0.25) is 11.8 Å². The maximum atomic E-state index is 13.3. The molecule has 1 fully saturated rings. The fraction of sp³-hybridized carbons (Fsp3) is 0.292. The third-order valence-corrected chi connectivity index (χ3v) is 11.3. The lowest BCUT2D eigenvalue weighted by atomic mass is 9.97. The first kappa shape index (κ1) is 42.4. The molecule has 0 radical (unpaired) electrons. The molecule has 4 N–H and O–H groups in total. The number of nitrogens with zero attached hydrogens (tertiary/aromatic N) is 3. The van der Waals surface area contributed by atoms with Crippen molar-refractivity contribution >= 4 is 51.3 Å². The molecule has 0 saturated carbocycles. The van der Waals surface area contributed by atoms with Crippen LogP contribution < -0.4 is 25.8 Å². The van der Waals surface area contributed by atoms with E-state index in [1.54, 1.807) is 6.07 Å². The van der Waals surface area contributed by atoms with Gasteiger partial charge in [-0.1, -0.05) is 48.1 Å². The van der Waals surface area contributed by atoms with Crippen LogP contribution in [0.3, 0.4) is 0 Å². The van der Waals surface area contributed by atoms with Gasteiger partial charge in [-0.2, -0.15) is 0 Å². The van der Waals surface area contributed by atoms with Crippen LogP contribution in [-0.4, -0.2) is 83.2 Å². The van der Waals surface area contributed by atoms with Gasteiger partial charge in [-0.25, -0.2) is 0 Å². The number of amides is 5. The molecular formula is C48H48N6O9. The van der Waals surface area contributed by atoms with Gasteiger partial charge in [-0.3, -0.25) is 28.9 Å². The number of imide groups is 1. The van der Waals surface area contributed by atoms with Gasteiger partial charge in [0.25, 0.3) is 17.7 Å². The van der Waals surface area contributed by atoms with Crippen molar-refractivity contribution in [2.24, 2.45) is 5.73 Å². The molecular weight excluding hydrogens is 805 g/mol. The Morgan fingerprint density at radius 3 is 2.46 bits per heavy atom. The van der Waals surface area contributed by atoms with E-state index in [4.69, 9.17) is 24.5 Å². The molecule has 0 aliphatic carbocycles. The van der Waals surface area contributed by atoms with Crippen LogP contribution in [0.4, 0.5) is 0 Å². The second kappa shape index (κ2) is 18.4. The van der Waals surface area contributed by atoms with E-state index in [1.165, 1.54) is 12.1 Å². The van der Waals surface area contributed by atoms with Gasteiger partial charge in [0.1, 0.15) is 23.3 Å². The van der Waals surface area contributed by atoms with E-state index in [9.17, 15) is 24.0 Å². The number of nitrogens with one attached hydrogen (secondary N) is 2. The minimum Gasteiger partial charge on any atom is -0.494 e. The molecule has 2 aliphatic heterocycles. The third-order valence-electron chi connectivity index (χ3n) is 11.3. The molecule has 63 heavy (non-hydrogen) atoms. The molecule has 2 aliphatic rings. The zero-order valence-electron chi connectivity index (χ0n) is 35.2. The van der Waals surface area contributed by atoms with E-state index in [-0.39, 0.29) is 29.9 Å². The number of piperidine rings is 1. The van der Waals surface area contributed by atoms with Crippen molar-refractivity contribution in [1.82, 2.24) is 25.3 Å². The standard InChI is InChI=1S/C48H48N6O9/c1-28-15-17-38(46(57)51-28)54-47(58)34-13-9-14-40(44(34)48(54)59)62-27-41(55)50-19-10-21-60-20-7-8-22-61-33-16-18-37-35(25-33)43-36(45(49)56)23-32(42-29(2)52-63-30(42)3)24-39(43)53(37)26-31-11-5-4-6-12-31/h4-6,9,11-14,16,18,23-25,38H,1,7-8,10,15,17,19-22,26-27H2,2-3H3,(H2,49,56)(H,50,55)(H,51,57). The topological polar surface area (TPSA) is 197 Å². The van der Waals surface area contributed by atoms with E-state index in [0.29, 0.717) is 68.5 Å². The molecule has 0 bridgehead atoms. The lowest BCUT2D eigenvalue weighted by Gasteiger charge is -2.29. The first-order valence-electron chi connectivity index (χ1n) is 21.0. The number of aryl methyl sites for hydroxylation is 2. The van der Waals surface area contributed by atoms with Crippen molar-refractivity contribution in [2.45, 2.75) is 58.5 Å². The highest BCUT2D eigenvalue weighted by atomic mass is 16.5. The van der Waals surface area contributed by atoms with Gasteiger partial charge in [0.05, 0.1) is 28.9 Å². The number of aromatic nitrogens is 2. The number of allylic oxidation sites excluding steroid dienone is 1. The summed E-state index contributed by atoms with van der Waals surface area (Å²) in [5.74, 6) is -1.16. The van der Waals surface area contributed by atoms with Gasteiger partial charge < -0.3 is 39.7 Å². The number of hydrogen-bond acceptors (Lipinski definition) is 10. The number of carbonyl (C=O) groups is 5. The number of carbonyl (C=O) groups excluding carboxylic acids is 5. The number of nitrogens with two attached hydrogens (primary N) is 1. The van der Waals surface area contributed by atoms with E-state index in [0.717, 1.165) is 61.9 Å². The van der Waals surface area contributed by atoms with Crippen molar-refractivity contribution < 1.29 is 42.7 Å². The average molecular weight is 853 g/mol. The molecule has 4 aromatic carbocycles. The molecule has 0 spiro atoms. The quantitative estimate of drug-likeness (QED) is 0.0646. The predicted molar refractivity (Wildman–Crippen MR) is 234 cm³/mol. The molecule has 1 saturated heterocycles. The van der Waals surface area contributed by atoms with E-state index >= 15 is 0 Å². The Kier molecular flexibility index (Phi) is 12.4. The summed E-state index contributed by atoms with van der Waals surface area (Å²) in [6, 6.07) is 23.6. The summed E-state index contributed by atoms with van der Waals surface area (Å²) < 4.78 is 25.3. The highest BCUT2D eigenvalue weighted by Crippen LogP contribution is 2.39. The van der Waals surface area contributed by atoms with E-state index < -0.39 is 35.6 Å². The van der Waals surface area contributed by atoms with Crippen molar-refractivity contribution in [3.63, 3.8) is 0 Å². The molecule has 8 rings (SSSR count). The van der Waals surface area contributed by atoms with Crippen LogP contribution in [0.15, 0.2) is 95.7 Å². The monoisotopic (exact) mass is 852 g/mol. The van der Waals surface area contributed by atoms with Crippen LogP contribution in [0.2, 0.25) is 0 Å². The minimum atomic E-state index is -0.945. The lowest BCUT2D eigenvalue weighted by Crippen LogP contribution is -2.51. The van der Waals surface area contributed by atoms with Crippen LogP contribution in [0, 0.1) is 13.8 Å². The van der Waals surface area contributed by atoms with Crippen LogP contribution in [-0.2, 0) is 20.9 Å². The molecule has 1 atom stereocenters. The van der Waals surface area contributed by atoms with Crippen molar-refractivity contribution in [3.8, 4) is 22.6 Å². The Labute approximate surface area is 363 Å². The largest absolute Gasteiger partial charge is 0.494 e. The SMILES string of the molecule is C=C1CCC(N2C(=O)c3cccc(OCC(=O)NCCCOCCCCOc4ccc5c(c4)c4c(C(N)=O)cc(-c6c(C)noc6C)cc4n5Cc4ccccc4)c3C2=O)C(=O)N1. The second-order valence-electron chi connectivity index (χ2n) is 15.7. The Morgan fingerprint density at radius 1 is 0.905 bits per heavy atom. The number of primary amides is 1. The maximum Gasteiger partial charge on any atom is 0.266 e.